The number of nitrogens with one attached hydrogen (secondary N) is 1. The van der Waals surface area contributed by atoms with E-state index >= 15 is 0 Å². The summed E-state index contributed by atoms with van der Waals surface area (Å²) in [4.78, 5) is 37.2. The fourth-order valence-electron chi connectivity index (χ4n) is 2.49. The molecule has 2 aromatic heterocycles. The van der Waals surface area contributed by atoms with Gasteiger partial charge >= 0.3 is 11.8 Å². The molecule has 0 bridgehead atoms. The second-order valence-electron chi connectivity index (χ2n) is 5.64. The number of fused-ring (bicyclic) bond motifs is 1. The van der Waals surface area contributed by atoms with E-state index < -0.39 is 11.8 Å². The van der Waals surface area contributed by atoms with Crippen LogP contribution in [0.4, 0.5) is 4.79 Å². The number of ether oxygens (including phenoxy) is 1. The molecular weight excluding hydrogens is 348 g/mol. The molecule has 2 heterocycles. The lowest BCUT2D eigenvalue weighted by molar-refractivity contribution is 0.186. The molecule has 0 radical (unpaired) electrons. The van der Waals surface area contributed by atoms with E-state index in [-0.39, 0.29) is 11.6 Å². The largest absolute Gasteiger partial charge is 0.464 e. The molecular formula is C15H20N4O5S. The van der Waals surface area contributed by atoms with E-state index in [1.165, 1.54) is 33.8 Å². The Balaban J connectivity index is 2.76. The van der Waals surface area contributed by atoms with Crippen LogP contribution in [-0.2, 0) is 11.3 Å². The van der Waals surface area contributed by atoms with Crippen LogP contribution in [-0.4, -0.2) is 40.3 Å². The lowest BCUT2D eigenvalue weighted by atomic mass is 10.2. The van der Waals surface area contributed by atoms with Crippen molar-refractivity contribution in [3.05, 3.63) is 31.3 Å². The Morgan fingerprint density at radius 2 is 2.12 bits per heavy atom. The smallest absolute Gasteiger partial charge is 0.425 e. The van der Waals surface area contributed by atoms with Crippen LogP contribution in [0.3, 0.4) is 0 Å². The topological polar surface area (TPSA) is 115 Å². The maximum absolute atomic E-state index is 12.8. The summed E-state index contributed by atoms with van der Waals surface area (Å²) in [6, 6.07) is -0.289. The van der Waals surface area contributed by atoms with Crippen molar-refractivity contribution in [3.8, 4) is 0 Å². The zero-order valence-corrected chi connectivity index (χ0v) is 15.2. The monoisotopic (exact) mass is 368 g/mol. The highest BCUT2D eigenvalue weighted by Crippen LogP contribution is 2.26. The Hall–Kier alpha value is -2.46. The molecule has 0 aromatic carbocycles. The van der Waals surface area contributed by atoms with Gasteiger partial charge in [0.25, 0.3) is 5.56 Å². The van der Waals surface area contributed by atoms with E-state index in [1.807, 2.05) is 5.43 Å². The van der Waals surface area contributed by atoms with E-state index in [2.05, 4.69) is 5.10 Å². The third-order valence-corrected chi connectivity index (χ3v) is 4.91. The summed E-state index contributed by atoms with van der Waals surface area (Å²) >= 11 is 1.21. The second-order valence-corrected chi connectivity index (χ2v) is 6.67. The molecule has 0 saturated heterocycles. The van der Waals surface area contributed by atoms with Crippen molar-refractivity contribution in [2.45, 2.75) is 33.4 Å². The number of hydrazone groups is 1. The highest BCUT2D eigenvalue weighted by Gasteiger charge is 2.20. The average molecular weight is 368 g/mol. The predicted molar refractivity (Wildman–Crippen MR) is 96.1 cm³/mol. The van der Waals surface area contributed by atoms with E-state index in [4.69, 9.17) is 9.84 Å². The van der Waals surface area contributed by atoms with Crippen LogP contribution in [0.1, 0.15) is 30.3 Å². The van der Waals surface area contributed by atoms with Crippen molar-refractivity contribution in [1.29, 1.82) is 0 Å². The molecule has 0 atom stereocenters. The van der Waals surface area contributed by atoms with Gasteiger partial charge in [-0.05, 0) is 26.3 Å². The van der Waals surface area contributed by atoms with Crippen molar-refractivity contribution in [3.63, 3.8) is 0 Å². The molecule has 0 aliphatic rings. The van der Waals surface area contributed by atoms with Crippen LogP contribution < -0.4 is 16.7 Å². The number of carbonyl (C=O) groups is 1. The van der Waals surface area contributed by atoms with Gasteiger partial charge in [-0.2, -0.15) is 5.10 Å². The first-order chi connectivity index (χ1) is 11.8. The number of thiophene rings is 1. The van der Waals surface area contributed by atoms with E-state index in [9.17, 15) is 14.4 Å². The van der Waals surface area contributed by atoms with Crippen LogP contribution in [0.15, 0.2) is 14.7 Å². The van der Waals surface area contributed by atoms with Crippen molar-refractivity contribution in [2.24, 2.45) is 5.10 Å². The van der Waals surface area contributed by atoms with Gasteiger partial charge in [0.05, 0.1) is 29.6 Å². The first-order valence-electron chi connectivity index (χ1n) is 7.59. The average Bonchev–Trinajstić information content (AvgIpc) is 2.84. The number of aryl methyl sites for hydroxylation is 1. The van der Waals surface area contributed by atoms with Crippen molar-refractivity contribution < 1.29 is 14.6 Å². The van der Waals surface area contributed by atoms with Crippen molar-refractivity contribution in [2.75, 3.05) is 13.7 Å². The first kappa shape index (κ1) is 18.9. The van der Waals surface area contributed by atoms with Gasteiger partial charge in [0.2, 0.25) is 0 Å². The Morgan fingerprint density at radius 3 is 2.68 bits per heavy atom. The minimum Gasteiger partial charge on any atom is -0.464 e. The van der Waals surface area contributed by atoms with Gasteiger partial charge in [0, 0.05) is 13.2 Å². The molecule has 0 aliphatic carbocycles. The minimum atomic E-state index is -1.28. The van der Waals surface area contributed by atoms with E-state index in [0.29, 0.717) is 33.8 Å². The number of aromatic nitrogens is 2. The Bertz CT molecular complexity index is 938. The Labute approximate surface area is 147 Å². The molecule has 2 N–H and O–H groups in total. The maximum Gasteiger partial charge on any atom is 0.425 e. The fraction of sp³-hybridized carbons (Fsp3) is 0.467. The highest BCUT2D eigenvalue weighted by molar-refractivity contribution is 7.20. The molecule has 2 aromatic rings. The molecule has 2 rings (SSSR count). The van der Waals surface area contributed by atoms with Gasteiger partial charge < -0.3 is 9.84 Å². The summed E-state index contributed by atoms with van der Waals surface area (Å²) < 4.78 is 7.79. The first-order valence-corrected chi connectivity index (χ1v) is 8.40. The zero-order chi connectivity index (χ0) is 18.7. The normalized spacial score (nSPS) is 11.7. The van der Waals surface area contributed by atoms with E-state index in [0.717, 1.165) is 0 Å². The standard InChI is InChI=1S/C15H20N4O5S/c1-8(2)19-12(20)11-9(3)10(7-16-17-14(21)22)25-13(11)18(15(19)23)5-6-24-4/h7-8,17H,5-6H2,1-4H3,(H,21,22)/b16-7+. The molecule has 0 aliphatic heterocycles. The van der Waals surface area contributed by atoms with Crippen molar-refractivity contribution in [1.82, 2.24) is 14.6 Å². The third-order valence-electron chi connectivity index (χ3n) is 3.66. The molecule has 0 unspecified atom stereocenters. The van der Waals surface area contributed by atoms with Gasteiger partial charge in [0.1, 0.15) is 4.83 Å². The summed E-state index contributed by atoms with van der Waals surface area (Å²) in [5, 5.41) is 12.6. The molecule has 0 spiro atoms. The molecule has 0 saturated carbocycles. The predicted octanol–water partition coefficient (Wildman–Crippen LogP) is 1.36. The number of hydrogen-bond acceptors (Lipinski definition) is 6. The SMILES string of the molecule is COCCn1c(=O)n(C(C)C)c(=O)c2c(C)c(/C=N/NC(=O)O)sc21. The quantitative estimate of drug-likeness (QED) is 0.590. The van der Waals surface area contributed by atoms with Crippen LogP contribution in [0, 0.1) is 6.92 Å². The van der Waals surface area contributed by atoms with Gasteiger partial charge in [-0.25, -0.2) is 15.0 Å². The van der Waals surface area contributed by atoms with Gasteiger partial charge in [0.15, 0.2) is 0 Å². The number of nitrogens with zero attached hydrogens (tertiary/aromatic N) is 3. The molecule has 25 heavy (non-hydrogen) atoms. The molecule has 10 heteroatoms. The van der Waals surface area contributed by atoms with Crippen LogP contribution in [0.2, 0.25) is 0 Å². The third kappa shape index (κ3) is 3.64. The zero-order valence-electron chi connectivity index (χ0n) is 14.4. The number of carboxylic acid groups (broad SMARTS) is 1. The molecule has 136 valence electrons. The van der Waals surface area contributed by atoms with E-state index in [1.54, 1.807) is 20.8 Å². The number of hydrogen-bond donors (Lipinski definition) is 2. The van der Waals surface area contributed by atoms with Crippen LogP contribution in [0.5, 0.6) is 0 Å². The lowest BCUT2D eigenvalue weighted by Gasteiger charge is -2.14. The second kappa shape index (κ2) is 7.62. The summed E-state index contributed by atoms with van der Waals surface area (Å²) in [6.45, 7) is 5.93. The van der Waals surface area contributed by atoms with Crippen molar-refractivity contribution >= 4 is 33.9 Å². The van der Waals surface area contributed by atoms with Gasteiger partial charge in [-0.1, -0.05) is 0 Å². The van der Waals surface area contributed by atoms with Crippen LogP contribution in [0.25, 0.3) is 10.2 Å². The fourth-order valence-corrected chi connectivity index (χ4v) is 3.68. The number of methoxy groups -OCH3 is 1. The van der Waals surface area contributed by atoms with Crippen LogP contribution >= 0.6 is 11.3 Å². The molecule has 1 amide bonds. The summed E-state index contributed by atoms with van der Waals surface area (Å²) in [6.07, 6.45) is 0.0486. The molecule has 9 nitrogen and oxygen atoms in total. The number of amides is 1. The molecule has 0 fully saturated rings. The van der Waals surface area contributed by atoms with Gasteiger partial charge in [-0.3, -0.25) is 13.9 Å². The maximum atomic E-state index is 12.8. The lowest BCUT2D eigenvalue weighted by Crippen LogP contribution is -2.41. The minimum absolute atomic E-state index is 0.289. The summed E-state index contributed by atoms with van der Waals surface area (Å²) in [7, 11) is 1.54. The Morgan fingerprint density at radius 1 is 1.44 bits per heavy atom. The number of rotatable bonds is 6. The highest BCUT2D eigenvalue weighted by atomic mass is 32.1. The summed E-state index contributed by atoms with van der Waals surface area (Å²) in [5.74, 6) is 0. The Kier molecular flexibility index (Phi) is 5.75. The summed E-state index contributed by atoms with van der Waals surface area (Å²) in [5.41, 5.74) is 1.80. The van der Waals surface area contributed by atoms with Gasteiger partial charge in [-0.15, -0.1) is 11.3 Å².